The van der Waals surface area contributed by atoms with Crippen LogP contribution in [-0.2, 0) is 10.2 Å². The Labute approximate surface area is 167 Å². The Balaban J connectivity index is 1.63. The van der Waals surface area contributed by atoms with Gasteiger partial charge in [-0.15, -0.1) is 5.10 Å². The molecule has 3 aromatic heterocycles. The third-order valence-electron chi connectivity index (χ3n) is 4.80. The fourth-order valence-corrected chi connectivity index (χ4v) is 3.91. The average Bonchev–Trinajstić information content (AvgIpc) is 3.13. The highest BCUT2D eigenvalue weighted by molar-refractivity contribution is 6.32. The minimum absolute atomic E-state index is 0.161. The number of rotatable bonds is 4. The molecule has 0 unspecified atom stereocenters. The van der Waals surface area contributed by atoms with E-state index in [2.05, 4.69) is 25.1 Å². The van der Waals surface area contributed by atoms with Crippen molar-refractivity contribution >= 4 is 28.8 Å². The quantitative estimate of drug-likeness (QED) is 0.685. The topological polar surface area (TPSA) is 81.4 Å². The molecule has 0 spiro atoms. The number of halogens is 4. The zero-order valence-electron chi connectivity index (χ0n) is 15.3. The summed E-state index contributed by atoms with van der Waals surface area (Å²) in [5.74, 6) is -2.01. The van der Waals surface area contributed by atoms with Gasteiger partial charge in [0.15, 0.2) is 5.65 Å². The lowest BCUT2D eigenvalue weighted by atomic mass is 9.88. The summed E-state index contributed by atoms with van der Waals surface area (Å²) in [6.45, 7) is 0.814. The van der Waals surface area contributed by atoms with E-state index < -0.39 is 29.8 Å². The molecule has 1 amide bonds. The van der Waals surface area contributed by atoms with Gasteiger partial charge in [0.05, 0.1) is 23.5 Å². The number of alkyl halides is 2. The number of ether oxygens (including phenoxy) is 1. The first-order valence-electron chi connectivity index (χ1n) is 8.61. The summed E-state index contributed by atoms with van der Waals surface area (Å²) in [5.41, 5.74) is 1.48. The fraction of sp³-hybridized carbons (Fsp3) is 0.333. The zero-order chi connectivity index (χ0) is 20.9. The summed E-state index contributed by atoms with van der Waals surface area (Å²) in [5, 5.41) is 6.37. The van der Waals surface area contributed by atoms with Crippen LogP contribution in [0.2, 0.25) is 5.02 Å². The molecular formula is C18H15ClF3N5O2. The lowest BCUT2D eigenvalue weighted by molar-refractivity contribution is -0.117. The van der Waals surface area contributed by atoms with Crippen LogP contribution in [0.3, 0.4) is 0 Å². The number of nitrogens with zero attached hydrogens (tertiary/aromatic N) is 4. The Kier molecular flexibility index (Phi) is 4.60. The van der Waals surface area contributed by atoms with Crippen LogP contribution in [0, 0.1) is 5.95 Å². The van der Waals surface area contributed by atoms with Gasteiger partial charge in [-0.05, 0) is 12.5 Å². The van der Waals surface area contributed by atoms with E-state index in [1.165, 1.54) is 22.8 Å². The summed E-state index contributed by atoms with van der Waals surface area (Å²) in [7, 11) is 0. The molecular weight excluding hydrogens is 411 g/mol. The molecule has 152 valence electrons. The average molecular weight is 426 g/mol. The van der Waals surface area contributed by atoms with Crippen molar-refractivity contribution in [2.45, 2.75) is 38.2 Å². The lowest BCUT2D eigenvalue weighted by Gasteiger charge is -2.19. The molecule has 7 nitrogen and oxygen atoms in total. The first-order valence-corrected chi connectivity index (χ1v) is 8.99. The number of carbonyl (C=O) groups excluding carboxylic acids is 1. The lowest BCUT2D eigenvalue weighted by Crippen LogP contribution is -2.21. The summed E-state index contributed by atoms with van der Waals surface area (Å²) < 4.78 is 43.8. The first-order chi connectivity index (χ1) is 13.7. The van der Waals surface area contributed by atoms with Crippen LogP contribution in [0.25, 0.3) is 5.65 Å². The largest absolute Gasteiger partial charge is 0.415 e. The van der Waals surface area contributed by atoms with Crippen molar-refractivity contribution in [3.63, 3.8) is 0 Å². The summed E-state index contributed by atoms with van der Waals surface area (Å²) in [4.78, 5) is 20.8. The van der Waals surface area contributed by atoms with Crippen molar-refractivity contribution < 1.29 is 22.7 Å². The van der Waals surface area contributed by atoms with Crippen LogP contribution in [0.4, 0.5) is 18.9 Å². The molecule has 1 aliphatic carbocycles. The van der Waals surface area contributed by atoms with Crippen LogP contribution < -0.4 is 10.1 Å². The number of carbonyl (C=O) groups is 1. The van der Waals surface area contributed by atoms with Crippen molar-refractivity contribution in [3.8, 4) is 5.88 Å². The highest BCUT2D eigenvalue weighted by atomic mass is 35.5. The molecule has 0 saturated carbocycles. The van der Waals surface area contributed by atoms with Gasteiger partial charge in [-0.2, -0.15) is 13.2 Å². The van der Waals surface area contributed by atoms with Crippen LogP contribution in [-0.4, -0.2) is 32.1 Å². The van der Waals surface area contributed by atoms with Crippen molar-refractivity contribution in [1.29, 1.82) is 0 Å². The van der Waals surface area contributed by atoms with Gasteiger partial charge >= 0.3 is 6.61 Å². The predicted molar refractivity (Wildman–Crippen MR) is 97.8 cm³/mol. The SMILES string of the molecule is CC1(C)C[C@H](C(=O)Nc2cnc(OC(F)F)c(Cl)c2)c2cnc3cc(F)nn3c21. The van der Waals surface area contributed by atoms with Gasteiger partial charge in [-0.1, -0.05) is 25.4 Å². The zero-order valence-corrected chi connectivity index (χ0v) is 16.0. The van der Waals surface area contributed by atoms with E-state index in [1.807, 2.05) is 13.8 Å². The minimum Gasteiger partial charge on any atom is -0.415 e. The maximum atomic E-state index is 13.6. The summed E-state index contributed by atoms with van der Waals surface area (Å²) in [6.07, 6.45) is 3.17. The van der Waals surface area contributed by atoms with Gasteiger partial charge in [-0.3, -0.25) is 4.79 Å². The highest BCUT2D eigenvalue weighted by Crippen LogP contribution is 2.46. The number of fused-ring (bicyclic) bond motifs is 3. The fourth-order valence-electron chi connectivity index (χ4n) is 3.70. The van der Waals surface area contributed by atoms with Gasteiger partial charge < -0.3 is 10.1 Å². The van der Waals surface area contributed by atoms with Crippen molar-refractivity contribution in [2.24, 2.45) is 0 Å². The minimum atomic E-state index is -3.06. The molecule has 0 aliphatic heterocycles. The second-order valence-electron chi connectivity index (χ2n) is 7.32. The van der Waals surface area contributed by atoms with Gasteiger partial charge in [0.1, 0.15) is 5.02 Å². The predicted octanol–water partition coefficient (Wildman–Crippen LogP) is 3.92. The number of amides is 1. The molecule has 0 fully saturated rings. The van der Waals surface area contributed by atoms with Crippen LogP contribution in [0.15, 0.2) is 24.5 Å². The maximum Gasteiger partial charge on any atom is 0.388 e. The summed E-state index contributed by atoms with van der Waals surface area (Å²) in [6, 6.07) is 2.50. The van der Waals surface area contributed by atoms with Crippen LogP contribution >= 0.6 is 11.6 Å². The Bertz CT molecular complexity index is 1120. The summed E-state index contributed by atoms with van der Waals surface area (Å²) >= 11 is 5.88. The highest BCUT2D eigenvalue weighted by Gasteiger charge is 2.43. The smallest absolute Gasteiger partial charge is 0.388 e. The van der Waals surface area contributed by atoms with Crippen LogP contribution in [0.1, 0.15) is 37.4 Å². The molecule has 3 heterocycles. The number of nitrogens with one attached hydrogen (secondary N) is 1. The third kappa shape index (κ3) is 3.48. The molecule has 4 rings (SSSR count). The van der Waals surface area contributed by atoms with E-state index in [0.717, 1.165) is 0 Å². The molecule has 29 heavy (non-hydrogen) atoms. The number of hydrogen-bond acceptors (Lipinski definition) is 5. The number of anilines is 1. The standard InChI is InChI=1S/C18H15ClF3N5O2/c1-18(2)5-9(10-7-23-13-4-12(20)26-27(13)14(10)18)15(28)25-8-3-11(19)16(24-6-8)29-17(21)22/h3-4,6-7,9,17H,5H2,1-2H3,(H,25,28)/t9-/m0/s1. The molecule has 0 saturated heterocycles. The molecule has 11 heteroatoms. The molecule has 1 N–H and O–H groups in total. The first kappa shape index (κ1) is 19.4. The van der Waals surface area contributed by atoms with Crippen molar-refractivity contribution in [3.05, 3.63) is 46.8 Å². The van der Waals surface area contributed by atoms with E-state index in [0.29, 0.717) is 23.3 Å². The molecule has 0 bridgehead atoms. The molecule has 1 aliphatic rings. The molecule has 0 aromatic carbocycles. The normalized spacial score (nSPS) is 17.6. The molecule has 3 aromatic rings. The molecule has 0 radical (unpaired) electrons. The van der Waals surface area contributed by atoms with Crippen molar-refractivity contribution in [2.75, 3.05) is 5.32 Å². The van der Waals surface area contributed by atoms with E-state index >= 15 is 0 Å². The van der Waals surface area contributed by atoms with E-state index in [4.69, 9.17) is 11.6 Å². The monoisotopic (exact) mass is 425 g/mol. The number of pyridine rings is 1. The van der Waals surface area contributed by atoms with Crippen molar-refractivity contribution in [1.82, 2.24) is 19.6 Å². The van der Waals surface area contributed by atoms with E-state index in [-0.39, 0.29) is 16.6 Å². The number of hydrogen-bond donors (Lipinski definition) is 1. The van der Waals surface area contributed by atoms with Gasteiger partial charge in [0, 0.05) is 23.2 Å². The van der Waals surface area contributed by atoms with E-state index in [9.17, 15) is 18.0 Å². The number of aromatic nitrogens is 4. The Morgan fingerprint density at radius 1 is 1.34 bits per heavy atom. The van der Waals surface area contributed by atoms with E-state index in [1.54, 1.807) is 6.20 Å². The van der Waals surface area contributed by atoms with Gasteiger partial charge in [0.2, 0.25) is 17.7 Å². The van der Waals surface area contributed by atoms with Gasteiger partial charge in [-0.25, -0.2) is 14.5 Å². The second-order valence-corrected chi connectivity index (χ2v) is 7.73. The second kappa shape index (κ2) is 6.87. The maximum absolute atomic E-state index is 13.6. The third-order valence-corrected chi connectivity index (χ3v) is 5.08. The Hall–Kier alpha value is -2.88. The Morgan fingerprint density at radius 2 is 2.10 bits per heavy atom. The Morgan fingerprint density at radius 3 is 2.79 bits per heavy atom. The van der Waals surface area contributed by atoms with Crippen LogP contribution in [0.5, 0.6) is 5.88 Å². The molecule has 1 atom stereocenters. The van der Waals surface area contributed by atoms with Gasteiger partial charge in [0.25, 0.3) is 0 Å².